The van der Waals surface area contributed by atoms with Gasteiger partial charge in [0, 0.05) is 55.6 Å². The summed E-state index contributed by atoms with van der Waals surface area (Å²) in [5.74, 6) is 0.485. The van der Waals surface area contributed by atoms with E-state index in [0.29, 0.717) is 32.6 Å². The molecule has 0 aliphatic carbocycles. The van der Waals surface area contributed by atoms with Gasteiger partial charge >= 0.3 is 0 Å². The highest BCUT2D eigenvalue weighted by Gasteiger charge is 2.34. The Hall–Kier alpha value is -3.23. The summed E-state index contributed by atoms with van der Waals surface area (Å²) in [5.41, 5.74) is 4.83. The normalized spacial score (nSPS) is 20.5. The first kappa shape index (κ1) is 23.5. The third-order valence-corrected chi connectivity index (χ3v) is 8.59. The number of rotatable bonds is 5. The van der Waals surface area contributed by atoms with Crippen molar-refractivity contribution in [3.63, 3.8) is 0 Å². The maximum atomic E-state index is 13.0. The number of aryl methyl sites for hydroxylation is 1. The van der Waals surface area contributed by atoms with Crippen LogP contribution in [0.5, 0.6) is 0 Å². The van der Waals surface area contributed by atoms with E-state index in [1.165, 1.54) is 5.56 Å². The fourth-order valence-corrected chi connectivity index (χ4v) is 6.56. The summed E-state index contributed by atoms with van der Waals surface area (Å²) < 4.78 is 25.5. The van der Waals surface area contributed by atoms with Crippen molar-refractivity contribution in [2.75, 3.05) is 37.7 Å². The lowest BCUT2D eigenvalue weighted by Crippen LogP contribution is -2.52. The molecule has 0 radical (unpaired) electrons. The van der Waals surface area contributed by atoms with Crippen molar-refractivity contribution in [1.82, 2.24) is 19.6 Å². The Morgan fingerprint density at radius 1 is 1.00 bits per heavy atom. The molecule has 0 N–H and O–H groups in total. The van der Waals surface area contributed by atoms with Crippen LogP contribution in [0, 0.1) is 6.92 Å². The quantitative estimate of drug-likeness (QED) is 0.514. The third-order valence-electron chi connectivity index (χ3n) is 6.84. The number of sulfone groups is 1. The number of carbonyl (C=O) groups is 1. The SMILES string of the molecule is Cc1ccc(-c2nn(-c3ccccc3)cc2C=CC(=O)N2CCN(C3CCS(=O)(=O)C3)CC2)cc1. The van der Waals surface area contributed by atoms with Crippen LogP contribution in [0.2, 0.25) is 0 Å². The summed E-state index contributed by atoms with van der Waals surface area (Å²) in [7, 11) is -2.90. The van der Waals surface area contributed by atoms with Gasteiger partial charge < -0.3 is 4.90 Å². The van der Waals surface area contributed by atoms with E-state index >= 15 is 0 Å². The lowest BCUT2D eigenvalue weighted by molar-refractivity contribution is -0.127. The van der Waals surface area contributed by atoms with Crippen molar-refractivity contribution in [3.05, 3.63) is 78.0 Å². The molecule has 1 aromatic heterocycles. The number of para-hydroxylation sites is 1. The zero-order valence-electron chi connectivity index (χ0n) is 19.9. The molecule has 35 heavy (non-hydrogen) atoms. The minimum atomic E-state index is -2.90. The van der Waals surface area contributed by atoms with Crippen LogP contribution in [0.4, 0.5) is 0 Å². The number of amides is 1. The van der Waals surface area contributed by atoms with Crippen LogP contribution in [0.15, 0.2) is 66.9 Å². The molecular formula is C27H30N4O3S. The molecule has 2 aliphatic rings. The summed E-state index contributed by atoms with van der Waals surface area (Å²) in [6, 6.07) is 18.2. The molecule has 1 unspecified atom stereocenters. The third kappa shape index (κ3) is 5.39. The van der Waals surface area contributed by atoms with E-state index in [2.05, 4.69) is 36.1 Å². The Labute approximate surface area is 206 Å². The number of hydrogen-bond acceptors (Lipinski definition) is 5. The molecular weight excluding hydrogens is 460 g/mol. The van der Waals surface area contributed by atoms with E-state index in [0.717, 1.165) is 22.5 Å². The monoisotopic (exact) mass is 490 g/mol. The second kappa shape index (κ2) is 9.79. The lowest BCUT2D eigenvalue weighted by Gasteiger charge is -2.37. The zero-order chi connectivity index (χ0) is 24.4. The number of carbonyl (C=O) groups excluding carboxylic acids is 1. The standard InChI is InChI=1S/C27H30N4O3S/c1-21-7-9-22(10-8-21)27-23(19-31(28-27)24-5-3-2-4-6-24)11-12-26(32)30-16-14-29(15-17-30)25-13-18-35(33,34)20-25/h2-12,19,25H,13-18,20H2,1H3. The van der Waals surface area contributed by atoms with E-state index in [9.17, 15) is 13.2 Å². The summed E-state index contributed by atoms with van der Waals surface area (Å²) in [4.78, 5) is 17.0. The van der Waals surface area contributed by atoms with Gasteiger partial charge in [-0.3, -0.25) is 9.69 Å². The van der Waals surface area contributed by atoms with Crippen LogP contribution in [0.1, 0.15) is 17.5 Å². The molecule has 1 amide bonds. The van der Waals surface area contributed by atoms with Gasteiger partial charge in [-0.05, 0) is 31.6 Å². The molecule has 7 nitrogen and oxygen atoms in total. The molecule has 3 heterocycles. The average molecular weight is 491 g/mol. The number of piperazine rings is 1. The van der Waals surface area contributed by atoms with Crippen LogP contribution in [-0.4, -0.2) is 77.6 Å². The van der Waals surface area contributed by atoms with Crippen LogP contribution in [0.25, 0.3) is 23.0 Å². The topological polar surface area (TPSA) is 75.5 Å². The Morgan fingerprint density at radius 2 is 1.71 bits per heavy atom. The first-order valence-corrected chi connectivity index (χ1v) is 13.8. The molecule has 1 atom stereocenters. The van der Waals surface area contributed by atoms with Gasteiger partial charge in [0.05, 0.1) is 22.9 Å². The molecule has 0 bridgehead atoms. The van der Waals surface area contributed by atoms with Crippen LogP contribution in [-0.2, 0) is 14.6 Å². The molecule has 182 valence electrons. The molecule has 0 saturated carbocycles. The molecule has 5 rings (SSSR count). The van der Waals surface area contributed by atoms with Crippen LogP contribution < -0.4 is 0 Å². The van der Waals surface area contributed by atoms with Gasteiger partial charge in [-0.2, -0.15) is 5.10 Å². The van der Waals surface area contributed by atoms with Gasteiger partial charge in [-0.15, -0.1) is 0 Å². The smallest absolute Gasteiger partial charge is 0.246 e. The van der Waals surface area contributed by atoms with E-state index < -0.39 is 9.84 Å². The van der Waals surface area contributed by atoms with Crippen LogP contribution in [0.3, 0.4) is 0 Å². The minimum absolute atomic E-state index is 0.0361. The lowest BCUT2D eigenvalue weighted by atomic mass is 10.1. The van der Waals surface area contributed by atoms with Crippen molar-refractivity contribution in [1.29, 1.82) is 0 Å². The number of nitrogens with zero attached hydrogens (tertiary/aromatic N) is 4. The number of benzene rings is 2. The van der Waals surface area contributed by atoms with Crippen molar-refractivity contribution in [2.24, 2.45) is 0 Å². The first-order valence-electron chi connectivity index (χ1n) is 12.0. The summed E-state index contributed by atoms with van der Waals surface area (Å²) >= 11 is 0. The van der Waals surface area contributed by atoms with Gasteiger partial charge in [0.25, 0.3) is 0 Å². The Morgan fingerprint density at radius 3 is 2.37 bits per heavy atom. The molecule has 2 saturated heterocycles. The molecule has 0 spiro atoms. The largest absolute Gasteiger partial charge is 0.337 e. The Balaban J connectivity index is 1.31. The zero-order valence-corrected chi connectivity index (χ0v) is 20.7. The molecule has 8 heteroatoms. The van der Waals surface area contributed by atoms with Gasteiger partial charge in [0.2, 0.25) is 5.91 Å². The van der Waals surface area contributed by atoms with Crippen LogP contribution >= 0.6 is 0 Å². The number of hydrogen-bond donors (Lipinski definition) is 0. The molecule has 3 aromatic rings. The maximum Gasteiger partial charge on any atom is 0.246 e. The first-order chi connectivity index (χ1) is 16.9. The van der Waals surface area contributed by atoms with E-state index in [-0.39, 0.29) is 23.5 Å². The maximum absolute atomic E-state index is 13.0. The number of aromatic nitrogens is 2. The van der Waals surface area contributed by atoms with Crippen molar-refractivity contribution < 1.29 is 13.2 Å². The predicted molar refractivity (Wildman–Crippen MR) is 138 cm³/mol. The molecule has 2 aliphatic heterocycles. The molecule has 2 fully saturated rings. The average Bonchev–Trinajstić information content (AvgIpc) is 3.47. The van der Waals surface area contributed by atoms with Crippen molar-refractivity contribution >= 4 is 21.8 Å². The Kier molecular flexibility index (Phi) is 6.58. The van der Waals surface area contributed by atoms with Gasteiger partial charge in [0.15, 0.2) is 9.84 Å². The molecule has 2 aromatic carbocycles. The fraction of sp³-hybridized carbons (Fsp3) is 0.333. The van der Waals surface area contributed by atoms with E-state index in [4.69, 9.17) is 5.10 Å². The van der Waals surface area contributed by atoms with E-state index in [1.807, 2.05) is 52.2 Å². The summed E-state index contributed by atoms with van der Waals surface area (Å²) in [5, 5.41) is 4.82. The fourth-order valence-electron chi connectivity index (χ4n) is 4.80. The summed E-state index contributed by atoms with van der Waals surface area (Å²) in [6.07, 6.45) is 6.12. The van der Waals surface area contributed by atoms with Gasteiger partial charge in [-0.1, -0.05) is 48.0 Å². The predicted octanol–water partition coefficient (Wildman–Crippen LogP) is 3.19. The van der Waals surface area contributed by atoms with E-state index in [1.54, 1.807) is 6.08 Å². The highest BCUT2D eigenvalue weighted by atomic mass is 32.2. The summed E-state index contributed by atoms with van der Waals surface area (Å²) in [6.45, 7) is 4.68. The van der Waals surface area contributed by atoms with Gasteiger partial charge in [-0.25, -0.2) is 13.1 Å². The highest BCUT2D eigenvalue weighted by molar-refractivity contribution is 7.91. The second-order valence-corrected chi connectivity index (χ2v) is 11.6. The second-order valence-electron chi connectivity index (χ2n) is 9.33. The van der Waals surface area contributed by atoms with Crippen molar-refractivity contribution in [3.8, 4) is 16.9 Å². The minimum Gasteiger partial charge on any atom is -0.337 e. The van der Waals surface area contributed by atoms with Crippen molar-refractivity contribution in [2.45, 2.75) is 19.4 Å². The van der Waals surface area contributed by atoms with Gasteiger partial charge in [0.1, 0.15) is 0 Å². The highest BCUT2D eigenvalue weighted by Crippen LogP contribution is 2.26. The Bertz CT molecular complexity index is 1320.